The van der Waals surface area contributed by atoms with Gasteiger partial charge in [0.05, 0.1) is 23.0 Å². The average molecular weight is 312 g/mol. The normalized spacial score (nSPS) is 12.9. The van der Waals surface area contributed by atoms with E-state index in [0.29, 0.717) is 5.02 Å². The lowest BCUT2D eigenvalue weighted by Gasteiger charge is -2.22. The molecule has 0 aliphatic carbocycles. The Balaban J connectivity index is 2.58. The Labute approximate surface area is 129 Å². The molecule has 5 heteroatoms. The van der Waals surface area contributed by atoms with E-state index in [-0.39, 0.29) is 12.1 Å². The van der Waals surface area contributed by atoms with E-state index in [2.05, 4.69) is 24.3 Å². The lowest BCUT2D eigenvalue weighted by atomic mass is 10.0. The van der Waals surface area contributed by atoms with Crippen molar-refractivity contribution >= 4 is 23.2 Å². The summed E-state index contributed by atoms with van der Waals surface area (Å²) in [4.78, 5) is 0. The quantitative estimate of drug-likeness (QED) is 0.907. The van der Waals surface area contributed by atoms with Gasteiger partial charge in [-0.2, -0.15) is 5.10 Å². The molecule has 1 unspecified atom stereocenters. The van der Waals surface area contributed by atoms with E-state index in [1.165, 1.54) is 0 Å². The molecule has 20 heavy (non-hydrogen) atoms. The summed E-state index contributed by atoms with van der Waals surface area (Å²) >= 11 is 12.8. The molecule has 0 fully saturated rings. The zero-order chi connectivity index (χ0) is 14.9. The molecule has 0 aliphatic rings. The molecule has 0 aliphatic heterocycles. The first-order valence-electron chi connectivity index (χ1n) is 6.62. The van der Waals surface area contributed by atoms with Gasteiger partial charge in [0, 0.05) is 11.1 Å². The first kappa shape index (κ1) is 15.4. The summed E-state index contributed by atoms with van der Waals surface area (Å²) < 4.78 is 1.93. The fraction of sp³-hybridized carbons (Fsp3) is 0.400. The summed E-state index contributed by atoms with van der Waals surface area (Å²) in [7, 11) is 1.90. The number of benzene rings is 1. The van der Waals surface area contributed by atoms with E-state index in [1.807, 2.05) is 36.9 Å². The Kier molecular flexibility index (Phi) is 4.74. The molecule has 1 N–H and O–H groups in total. The third-order valence-electron chi connectivity index (χ3n) is 3.37. The Hall–Kier alpha value is -1.03. The zero-order valence-electron chi connectivity index (χ0n) is 12.1. The predicted molar refractivity (Wildman–Crippen MR) is 84.7 cm³/mol. The molecule has 0 amide bonds. The molecule has 1 aromatic heterocycles. The van der Waals surface area contributed by atoms with Crippen LogP contribution in [0.3, 0.4) is 0 Å². The van der Waals surface area contributed by atoms with Gasteiger partial charge in [-0.15, -0.1) is 0 Å². The summed E-state index contributed by atoms with van der Waals surface area (Å²) in [5.41, 5.74) is 3.01. The van der Waals surface area contributed by atoms with Crippen LogP contribution in [0.15, 0.2) is 24.4 Å². The second-order valence-corrected chi connectivity index (χ2v) is 5.90. The van der Waals surface area contributed by atoms with Crippen LogP contribution >= 0.6 is 23.2 Å². The lowest BCUT2D eigenvalue weighted by Crippen LogP contribution is -2.23. The smallest absolute Gasteiger partial charge is 0.0837 e. The molecule has 108 valence electrons. The molecular formula is C15H19Cl2N3. The number of hydrogen-bond acceptors (Lipinski definition) is 2. The molecule has 0 saturated heterocycles. The monoisotopic (exact) mass is 311 g/mol. The highest BCUT2D eigenvalue weighted by Crippen LogP contribution is 2.34. The van der Waals surface area contributed by atoms with Gasteiger partial charge in [-0.25, -0.2) is 0 Å². The van der Waals surface area contributed by atoms with Crippen molar-refractivity contribution < 1.29 is 0 Å². The molecule has 0 saturated carbocycles. The van der Waals surface area contributed by atoms with Crippen molar-refractivity contribution in [2.75, 3.05) is 7.05 Å². The van der Waals surface area contributed by atoms with Crippen molar-refractivity contribution in [3.63, 3.8) is 0 Å². The third-order valence-corrected chi connectivity index (χ3v) is 4.18. The van der Waals surface area contributed by atoms with Crippen LogP contribution in [0, 0.1) is 6.92 Å². The van der Waals surface area contributed by atoms with Gasteiger partial charge >= 0.3 is 0 Å². The summed E-state index contributed by atoms with van der Waals surface area (Å²) in [6.07, 6.45) is 1.69. The van der Waals surface area contributed by atoms with Crippen molar-refractivity contribution in [3.8, 4) is 0 Å². The topological polar surface area (TPSA) is 29.9 Å². The minimum Gasteiger partial charge on any atom is -0.308 e. The first-order valence-corrected chi connectivity index (χ1v) is 7.38. The molecule has 3 nitrogen and oxygen atoms in total. The summed E-state index contributed by atoms with van der Waals surface area (Å²) in [6, 6.07) is 6.17. The van der Waals surface area contributed by atoms with Crippen LogP contribution in [-0.2, 0) is 0 Å². The minimum atomic E-state index is -0.0835. The molecule has 0 radical (unpaired) electrons. The van der Waals surface area contributed by atoms with Crippen LogP contribution in [0.4, 0.5) is 0 Å². The van der Waals surface area contributed by atoms with Crippen LogP contribution in [-0.4, -0.2) is 16.8 Å². The minimum absolute atomic E-state index is 0.0835. The van der Waals surface area contributed by atoms with Crippen molar-refractivity contribution in [1.82, 2.24) is 15.1 Å². The number of nitrogens with one attached hydrogen (secondary N) is 1. The van der Waals surface area contributed by atoms with Crippen molar-refractivity contribution in [3.05, 3.63) is 51.3 Å². The molecule has 1 atom stereocenters. The van der Waals surface area contributed by atoms with Gasteiger partial charge in [0.15, 0.2) is 0 Å². The maximum absolute atomic E-state index is 6.46. The van der Waals surface area contributed by atoms with Crippen molar-refractivity contribution in [1.29, 1.82) is 0 Å². The Morgan fingerprint density at radius 1 is 1.25 bits per heavy atom. The van der Waals surface area contributed by atoms with Gasteiger partial charge in [-0.05, 0) is 38.9 Å². The first-order chi connectivity index (χ1) is 9.47. The van der Waals surface area contributed by atoms with Crippen molar-refractivity contribution in [2.45, 2.75) is 32.9 Å². The number of aryl methyl sites for hydroxylation is 1. The SMILES string of the molecule is CNC(c1cccc(C)c1Cl)c1c(Cl)cnn1C(C)C. The predicted octanol–water partition coefficient (Wildman–Crippen LogP) is 4.39. The highest BCUT2D eigenvalue weighted by Gasteiger charge is 2.24. The second-order valence-electron chi connectivity index (χ2n) is 5.12. The van der Waals surface area contributed by atoms with E-state index in [4.69, 9.17) is 23.2 Å². The highest BCUT2D eigenvalue weighted by molar-refractivity contribution is 6.32. The highest BCUT2D eigenvalue weighted by atomic mass is 35.5. The zero-order valence-corrected chi connectivity index (χ0v) is 13.6. The van der Waals surface area contributed by atoms with Crippen LogP contribution < -0.4 is 5.32 Å². The van der Waals surface area contributed by atoms with Gasteiger partial charge in [-0.3, -0.25) is 4.68 Å². The Morgan fingerprint density at radius 3 is 2.55 bits per heavy atom. The average Bonchev–Trinajstić information content (AvgIpc) is 2.78. The van der Waals surface area contributed by atoms with Gasteiger partial charge in [0.25, 0.3) is 0 Å². The number of aromatic nitrogens is 2. The maximum Gasteiger partial charge on any atom is 0.0837 e. The number of halogens is 2. The summed E-state index contributed by atoms with van der Waals surface area (Å²) in [6.45, 7) is 6.16. The number of hydrogen-bond donors (Lipinski definition) is 1. The van der Waals surface area contributed by atoms with Gasteiger partial charge in [0.1, 0.15) is 0 Å². The molecule has 2 aromatic rings. The van der Waals surface area contributed by atoms with E-state index in [1.54, 1.807) is 6.20 Å². The maximum atomic E-state index is 6.46. The fourth-order valence-corrected chi connectivity index (χ4v) is 2.84. The summed E-state index contributed by atoms with van der Waals surface area (Å²) in [5, 5.41) is 9.07. The third kappa shape index (κ3) is 2.71. The van der Waals surface area contributed by atoms with Gasteiger partial charge < -0.3 is 5.32 Å². The van der Waals surface area contributed by atoms with Gasteiger partial charge in [0.2, 0.25) is 0 Å². The Bertz CT molecular complexity index is 605. The fourth-order valence-electron chi connectivity index (χ4n) is 2.36. The molecule has 0 spiro atoms. The number of rotatable bonds is 4. The van der Waals surface area contributed by atoms with Crippen LogP contribution in [0.2, 0.25) is 10.0 Å². The van der Waals surface area contributed by atoms with E-state index in [9.17, 15) is 0 Å². The van der Waals surface area contributed by atoms with E-state index >= 15 is 0 Å². The molecule has 1 aromatic carbocycles. The van der Waals surface area contributed by atoms with Crippen LogP contribution in [0.5, 0.6) is 0 Å². The largest absolute Gasteiger partial charge is 0.308 e. The summed E-state index contributed by atoms with van der Waals surface area (Å²) in [5.74, 6) is 0. The van der Waals surface area contributed by atoms with E-state index in [0.717, 1.165) is 21.8 Å². The van der Waals surface area contributed by atoms with Crippen molar-refractivity contribution in [2.24, 2.45) is 0 Å². The second kappa shape index (κ2) is 6.17. The number of nitrogens with zero attached hydrogens (tertiary/aromatic N) is 2. The molecule has 2 rings (SSSR count). The van der Waals surface area contributed by atoms with Gasteiger partial charge in [-0.1, -0.05) is 41.4 Å². The van der Waals surface area contributed by atoms with Crippen LogP contribution in [0.1, 0.15) is 42.8 Å². The standard InChI is InChI=1S/C15H19Cl2N3/c1-9(2)20-15(12(16)8-19-20)14(18-4)11-7-5-6-10(3)13(11)17/h5-9,14,18H,1-4H3. The molecule has 0 bridgehead atoms. The lowest BCUT2D eigenvalue weighted by molar-refractivity contribution is 0.484. The molecular weight excluding hydrogens is 293 g/mol. The van der Waals surface area contributed by atoms with Crippen LogP contribution in [0.25, 0.3) is 0 Å². The molecule has 1 heterocycles. The Morgan fingerprint density at radius 2 is 1.95 bits per heavy atom. The van der Waals surface area contributed by atoms with E-state index < -0.39 is 0 Å².